The first-order valence-electron chi connectivity index (χ1n) is 6.20. The summed E-state index contributed by atoms with van der Waals surface area (Å²) in [6.07, 6.45) is 9.84. The van der Waals surface area contributed by atoms with Crippen molar-refractivity contribution >= 4 is 11.6 Å². The van der Waals surface area contributed by atoms with E-state index in [9.17, 15) is 0 Å². The Hall–Kier alpha value is 0.250. The quantitative estimate of drug-likeness (QED) is 0.637. The standard InChI is InChI=1S/C12H22ClN/c13-8-6-12-3-1-2-9-14(12)10-7-11-4-5-11/h11-12H,1-10H2. The molecule has 2 fully saturated rings. The minimum absolute atomic E-state index is 0.806. The molecule has 2 rings (SSSR count). The predicted octanol–water partition coefficient (Wildman–Crippen LogP) is 3.27. The Kier molecular flexibility index (Phi) is 4.12. The normalized spacial score (nSPS) is 29.4. The highest BCUT2D eigenvalue weighted by molar-refractivity contribution is 6.17. The van der Waals surface area contributed by atoms with Crippen LogP contribution in [0.15, 0.2) is 0 Å². The lowest BCUT2D eigenvalue weighted by Crippen LogP contribution is -2.40. The van der Waals surface area contributed by atoms with E-state index in [1.165, 1.54) is 58.0 Å². The van der Waals surface area contributed by atoms with Crippen LogP contribution in [0.5, 0.6) is 0 Å². The average molecular weight is 216 g/mol. The molecule has 0 aromatic rings. The third-order valence-corrected chi connectivity index (χ3v) is 3.93. The van der Waals surface area contributed by atoms with Gasteiger partial charge in [0, 0.05) is 11.9 Å². The number of rotatable bonds is 5. The molecular weight excluding hydrogens is 194 g/mol. The number of halogens is 1. The zero-order valence-corrected chi connectivity index (χ0v) is 9.81. The third kappa shape index (κ3) is 3.13. The van der Waals surface area contributed by atoms with Gasteiger partial charge in [-0.1, -0.05) is 19.3 Å². The van der Waals surface area contributed by atoms with Crippen LogP contribution in [-0.4, -0.2) is 29.9 Å². The lowest BCUT2D eigenvalue weighted by molar-refractivity contribution is 0.141. The van der Waals surface area contributed by atoms with E-state index in [-0.39, 0.29) is 0 Å². The van der Waals surface area contributed by atoms with Crippen molar-refractivity contribution in [3.05, 3.63) is 0 Å². The Morgan fingerprint density at radius 1 is 1.07 bits per heavy atom. The van der Waals surface area contributed by atoms with Gasteiger partial charge in [0.25, 0.3) is 0 Å². The second-order valence-electron chi connectivity index (χ2n) is 4.90. The molecule has 1 nitrogen and oxygen atoms in total. The van der Waals surface area contributed by atoms with Crippen molar-refractivity contribution in [1.29, 1.82) is 0 Å². The lowest BCUT2D eigenvalue weighted by Gasteiger charge is -2.35. The molecule has 1 aliphatic carbocycles. The van der Waals surface area contributed by atoms with Crippen molar-refractivity contribution in [2.24, 2.45) is 5.92 Å². The topological polar surface area (TPSA) is 3.24 Å². The summed E-state index contributed by atoms with van der Waals surface area (Å²) in [6, 6.07) is 0.806. The van der Waals surface area contributed by atoms with Gasteiger partial charge in [0.1, 0.15) is 0 Å². The van der Waals surface area contributed by atoms with E-state index >= 15 is 0 Å². The van der Waals surface area contributed by atoms with Gasteiger partial charge in [0.05, 0.1) is 0 Å². The maximum atomic E-state index is 5.85. The Bertz CT molecular complexity index is 166. The summed E-state index contributed by atoms with van der Waals surface area (Å²) in [4.78, 5) is 2.70. The minimum Gasteiger partial charge on any atom is -0.300 e. The fourth-order valence-electron chi connectivity index (χ4n) is 2.56. The Labute approximate surface area is 92.8 Å². The average Bonchev–Trinajstić information content (AvgIpc) is 3.01. The van der Waals surface area contributed by atoms with Crippen LogP contribution in [0.4, 0.5) is 0 Å². The van der Waals surface area contributed by atoms with Crippen molar-refractivity contribution in [2.45, 2.75) is 51.0 Å². The number of nitrogens with zero attached hydrogens (tertiary/aromatic N) is 1. The van der Waals surface area contributed by atoms with Crippen LogP contribution in [0.25, 0.3) is 0 Å². The van der Waals surface area contributed by atoms with Crippen LogP contribution in [0, 0.1) is 5.92 Å². The van der Waals surface area contributed by atoms with Gasteiger partial charge in [-0.2, -0.15) is 0 Å². The summed E-state index contributed by atoms with van der Waals surface area (Å²) in [7, 11) is 0. The van der Waals surface area contributed by atoms with E-state index in [4.69, 9.17) is 11.6 Å². The molecule has 1 saturated heterocycles. The van der Waals surface area contributed by atoms with Crippen molar-refractivity contribution in [3.63, 3.8) is 0 Å². The van der Waals surface area contributed by atoms with Crippen molar-refractivity contribution in [2.75, 3.05) is 19.0 Å². The van der Waals surface area contributed by atoms with Gasteiger partial charge in [-0.3, -0.25) is 0 Å². The first-order chi connectivity index (χ1) is 6.90. The van der Waals surface area contributed by atoms with Crippen LogP contribution in [0.1, 0.15) is 44.9 Å². The first kappa shape index (κ1) is 10.8. The van der Waals surface area contributed by atoms with Crippen LogP contribution >= 0.6 is 11.6 Å². The van der Waals surface area contributed by atoms with Crippen LogP contribution in [0.3, 0.4) is 0 Å². The molecule has 0 bridgehead atoms. The smallest absolute Gasteiger partial charge is 0.0238 e. The third-order valence-electron chi connectivity index (χ3n) is 3.71. The molecule has 14 heavy (non-hydrogen) atoms. The highest BCUT2D eigenvalue weighted by Gasteiger charge is 2.25. The molecule has 0 spiro atoms. The Morgan fingerprint density at radius 3 is 2.64 bits per heavy atom. The van der Waals surface area contributed by atoms with E-state index < -0.39 is 0 Å². The van der Waals surface area contributed by atoms with Gasteiger partial charge in [0.15, 0.2) is 0 Å². The van der Waals surface area contributed by atoms with Crippen molar-refractivity contribution < 1.29 is 0 Å². The van der Waals surface area contributed by atoms with Crippen LogP contribution in [-0.2, 0) is 0 Å². The van der Waals surface area contributed by atoms with Gasteiger partial charge >= 0.3 is 0 Å². The highest BCUT2D eigenvalue weighted by atomic mass is 35.5. The lowest BCUT2D eigenvalue weighted by atomic mass is 9.99. The largest absolute Gasteiger partial charge is 0.300 e. The monoisotopic (exact) mass is 215 g/mol. The van der Waals surface area contributed by atoms with E-state index in [0.717, 1.165) is 17.8 Å². The molecule has 2 heteroatoms. The summed E-state index contributed by atoms with van der Waals surface area (Å²) >= 11 is 5.85. The van der Waals surface area contributed by atoms with Crippen molar-refractivity contribution in [1.82, 2.24) is 4.90 Å². The molecule has 1 unspecified atom stereocenters. The first-order valence-corrected chi connectivity index (χ1v) is 6.73. The molecule has 1 atom stereocenters. The van der Waals surface area contributed by atoms with Gasteiger partial charge in [0.2, 0.25) is 0 Å². The molecule has 2 aliphatic rings. The minimum atomic E-state index is 0.806. The molecule has 0 aromatic heterocycles. The second kappa shape index (κ2) is 5.37. The summed E-state index contributed by atoms with van der Waals surface area (Å²) in [5.41, 5.74) is 0. The number of hydrogen-bond donors (Lipinski definition) is 0. The summed E-state index contributed by atoms with van der Waals surface area (Å²) < 4.78 is 0. The maximum Gasteiger partial charge on any atom is 0.0238 e. The number of alkyl halides is 1. The molecule has 1 saturated carbocycles. The summed E-state index contributed by atoms with van der Waals surface area (Å²) in [5.74, 6) is 1.92. The van der Waals surface area contributed by atoms with Gasteiger partial charge in [-0.15, -0.1) is 11.6 Å². The molecule has 82 valence electrons. The zero-order chi connectivity index (χ0) is 9.80. The molecule has 1 heterocycles. The molecular formula is C12H22ClN. The van der Waals surface area contributed by atoms with E-state index in [0.29, 0.717) is 0 Å². The molecule has 0 radical (unpaired) electrons. The SMILES string of the molecule is ClCCC1CCCCN1CCC1CC1. The van der Waals surface area contributed by atoms with Crippen molar-refractivity contribution in [3.8, 4) is 0 Å². The van der Waals surface area contributed by atoms with E-state index in [2.05, 4.69) is 4.90 Å². The van der Waals surface area contributed by atoms with Crippen LogP contribution in [0.2, 0.25) is 0 Å². The van der Waals surface area contributed by atoms with E-state index in [1.54, 1.807) is 0 Å². The Morgan fingerprint density at radius 2 is 1.93 bits per heavy atom. The fraction of sp³-hybridized carbons (Fsp3) is 1.00. The number of likely N-dealkylation sites (tertiary alicyclic amines) is 1. The van der Waals surface area contributed by atoms with Gasteiger partial charge in [-0.25, -0.2) is 0 Å². The summed E-state index contributed by atoms with van der Waals surface area (Å²) in [5, 5.41) is 0. The summed E-state index contributed by atoms with van der Waals surface area (Å²) in [6.45, 7) is 2.67. The van der Waals surface area contributed by atoms with Crippen LogP contribution < -0.4 is 0 Å². The van der Waals surface area contributed by atoms with E-state index in [1.807, 2.05) is 0 Å². The second-order valence-corrected chi connectivity index (χ2v) is 5.27. The number of piperidine rings is 1. The predicted molar refractivity (Wildman–Crippen MR) is 61.9 cm³/mol. The van der Waals surface area contributed by atoms with Gasteiger partial charge < -0.3 is 4.90 Å². The molecule has 1 aliphatic heterocycles. The van der Waals surface area contributed by atoms with Gasteiger partial charge in [-0.05, 0) is 44.7 Å². The molecule has 0 N–H and O–H groups in total. The maximum absolute atomic E-state index is 5.85. The highest BCUT2D eigenvalue weighted by Crippen LogP contribution is 2.33. The molecule has 0 aromatic carbocycles. The fourth-order valence-corrected chi connectivity index (χ4v) is 2.81. The Balaban J connectivity index is 1.72. The molecule has 0 amide bonds. The number of hydrogen-bond acceptors (Lipinski definition) is 1. The zero-order valence-electron chi connectivity index (χ0n) is 9.05.